The van der Waals surface area contributed by atoms with Gasteiger partial charge in [0, 0.05) is 32.2 Å². The number of amides is 1. The maximum Gasteiger partial charge on any atom is 0.255 e. The van der Waals surface area contributed by atoms with E-state index < -0.39 is 11.4 Å². The van der Waals surface area contributed by atoms with Crippen LogP contribution in [0.4, 0.5) is 4.39 Å². The Bertz CT molecular complexity index is 864. The van der Waals surface area contributed by atoms with Crippen LogP contribution < -0.4 is 5.56 Å². The molecule has 7 heteroatoms. The van der Waals surface area contributed by atoms with E-state index in [9.17, 15) is 14.0 Å². The van der Waals surface area contributed by atoms with E-state index in [1.807, 2.05) is 0 Å². The number of benzene rings is 1. The molecule has 1 aromatic carbocycles. The van der Waals surface area contributed by atoms with Crippen LogP contribution in [-0.2, 0) is 9.47 Å². The summed E-state index contributed by atoms with van der Waals surface area (Å²) in [6.07, 6.45) is 0.570. The van der Waals surface area contributed by atoms with E-state index in [2.05, 4.69) is 4.98 Å². The predicted molar refractivity (Wildman–Crippen MR) is 91.4 cm³/mol. The van der Waals surface area contributed by atoms with Gasteiger partial charge in [-0.25, -0.2) is 4.39 Å². The van der Waals surface area contributed by atoms with E-state index in [1.54, 1.807) is 32.1 Å². The van der Waals surface area contributed by atoms with Crippen molar-refractivity contribution in [2.75, 3.05) is 27.4 Å². The molecule has 1 aromatic heterocycles. The first-order chi connectivity index (χ1) is 11.9. The Hall–Kier alpha value is -2.25. The lowest BCUT2D eigenvalue weighted by Gasteiger charge is -2.24. The van der Waals surface area contributed by atoms with Gasteiger partial charge in [-0.05, 0) is 31.0 Å². The van der Waals surface area contributed by atoms with Gasteiger partial charge in [-0.1, -0.05) is 0 Å². The van der Waals surface area contributed by atoms with Crippen molar-refractivity contribution in [3.63, 3.8) is 0 Å². The number of nitrogens with zero attached hydrogens (tertiary/aromatic N) is 1. The monoisotopic (exact) mass is 348 g/mol. The third-order valence-corrected chi connectivity index (χ3v) is 4.61. The molecule has 25 heavy (non-hydrogen) atoms. The molecule has 0 radical (unpaired) electrons. The molecule has 2 aromatic rings. The fourth-order valence-corrected chi connectivity index (χ4v) is 3.43. The summed E-state index contributed by atoms with van der Waals surface area (Å²) < 4.78 is 24.8. The average molecular weight is 348 g/mol. The number of nitrogens with one attached hydrogen (secondary N) is 1. The number of ether oxygens (including phenoxy) is 2. The zero-order valence-corrected chi connectivity index (χ0v) is 14.5. The van der Waals surface area contributed by atoms with Crippen LogP contribution in [0.2, 0.25) is 0 Å². The van der Waals surface area contributed by atoms with Crippen LogP contribution in [0.3, 0.4) is 0 Å². The molecule has 2 heterocycles. The number of H-pyrrole nitrogens is 1. The number of carbonyl (C=O) groups is 1. The normalized spacial score (nSPS) is 20.4. The Labute approximate surface area is 144 Å². The molecule has 2 atom stereocenters. The van der Waals surface area contributed by atoms with Crippen molar-refractivity contribution in [1.29, 1.82) is 0 Å². The maximum absolute atomic E-state index is 14.2. The van der Waals surface area contributed by atoms with E-state index in [0.717, 1.165) is 0 Å². The predicted octanol–water partition coefficient (Wildman–Crippen LogP) is 1.85. The number of pyridine rings is 1. The standard InChI is InChI=1S/C18H21FN2O4/c1-10-4-13-14(7-16(22)20-17(13)15(19)5-10)18(23)21-8-12(25-3)6-11(21)9-24-2/h4-5,7,11-12H,6,8-9H2,1-3H3,(H,20,22)/t11-,12-/m0/s1. The zero-order chi connectivity index (χ0) is 18.1. The van der Waals surface area contributed by atoms with Gasteiger partial charge < -0.3 is 19.4 Å². The number of hydrogen-bond donors (Lipinski definition) is 1. The fraction of sp³-hybridized carbons (Fsp3) is 0.444. The second-order valence-corrected chi connectivity index (χ2v) is 6.38. The van der Waals surface area contributed by atoms with Crippen LogP contribution >= 0.6 is 0 Å². The van der Waals surface area contributed by atoms with E-state index >= 15 is 0 Å². The van der Waals surface area contributed by atoms with Gasteiger partial charge in [0.2, 0.25) is 5.56 Å². The lowest BCUT2D eigenvalue weighted by atomic mass is 10.0. The number of fused-ring (bicyclic) bond motifs is 1. The minimum Gasteiger partial charge on any atom is -0.383 e. The summed E-state index contributed by atoms with van der Waals surface area (Å²) in [4.78, 5) is 29.2. The number of carbonyl (C=O) groups excluding carboxylic acids is 1. The summed E-state index contributed by atoms with van der Waals surface area (Å²) in [5.41, 5.74) is 0.409. The molecule has 1 N–H and O–H groups in total. The molecule has 1 saturated heterocycles. The van der Waals surface area contributed by atoms with Crippen molar-refractivity contribution in [2.45, 2.75) is 25.5 Å². The number of rotatable bonds is 4. The second kappa shape index (κ2) is 6.93. The SMILES string of the molecule is COC[C@@H]1C[C@H](OC)CN1C(=O)c1cc(=O)[nH]c2c(F)cc(C)cc12. The van der Waals surface area contributed by atoms with E-state index in [-0.39, 0.29) is 29.1 Å². The molecule has 0 unspecified atom stereocenters. The van der Waals surface area contributed by atoms with Crippen LogP contribution in [-0.4, -0.2) is 55.3 Å². The molecule has 6 nitrogen and oxygen atoms in total. The lowest BCUT2D eigenvalue weighted by molar-refractivity contribution is 0.0614. The minimum atomic E-state index is -0.550. The zero-order valence-electron chi connectivity index (χ0n) is 14.5. The van der Waals surface area contributed by atoms with E-state index in [0.29, 0.717) is 30.5 Å². The van der Waals surface area contributed by atoms with Crippen LogP contribution in [0, 0.1) is 12.7 Å². The van der Waals surface area contributed by atoms with Gasteiger partial charge in [-0.15, -0.1) is 0 Å². The molecule has 0 saturated carbocycles. The van der Waals surface area contributed by atoms with Crippen LogP contribution in [0.5, 0.6) is 0 Å². The topological polar surface area (TPSA) is 71.6 Å². The summed E-state index contributed by atoms with van der Waals surface area (Å²) >= 11 is 0. The summed E-state index contributed by atoms with van der Waals surface area (Å²) in [5, 5.41) is 0.402. The quantitative estimate of drug-likeness (QED) is 0.915. The molecule has 1 aliphatic heterocycles. The number of aryl methyl sites for hydroxylation is 1. The third-order valence-electron chi connectivity index (χ3n) is 4.61. The van der Waals surface area contributed by atoms with Gasteiger partial charge in [0.05, 0.1) is 29.8 Å². The van der Waals surface area contributed by atoms with Gasteiger partial charge >= 0.3 is 0 Å². The first kappa shape index (κ1) is 17.6. The Morgan fingerprint density at radius 3 is 2.80 bits per heavy atom. The fourth-order valence-electron chi connectivity index (χ4n) is 3.43. The molecule has 3 rings (SSSR count). The van der Waals surface area contributed by atoms with Crippen LogP contribution in [0.25, 0.3) is 10.9 Å². The second-order valence-electron chi connectivity index (χ2n) is 6.38. The average Bonchev–Trinajstić information content (AvgIpc) is 2.98. The molecule has 1 amide bonds. The molecule has 1 aliphatic rings. The summed E-state index contributed by atoms with van der Waals surface area (Å²) in [6.45, 7) is 2.53. The van der Waals surface area contributed by atoms with Crippen molar-refractivity contribution >= 4 is 16.8 Å². The number of aromatic amines is 1. The van der Waals surface area contributed by atoms with Gasteiger partial charge in [0.1, 0.15) is 5.82 Å². The van der Waals surface area contributed by atoms with Crippen molar-refractivity contribution in [1.82, 2.24) is 9.88 Å². The van der Waals surface area contributed by atoms with E-state index in [1.165, 1.54) is 12.1 Å². The highest BCUT2D eigenvalue weighted by atomic mass is 19.1. The Kier molecular flexibility index (Phi) is 4.87. The highest BCUT2D eigenvalue weighted by molar-refractivity contribution is 6.06. The first-order valence-corrected chi connectivity index (χ1v) is 8.10. The van der Waals surface area contributed by atoms with Gasteiger partial charge in [-0.2, -0.15) is 0 Å². The highest BCUT2D eigenvalue weighted by Gasteiger charge is 2.36. The molecule has 0 aliphatic carbocycles. The largest absolute Gasteiger partial charge is 0.383 e. The molecular weight excluding hydrogens is 327 g/mol. The molecule has 0 bridgehead atoms. The number of methoxy groups -OCH3 is 2. The number of aromatic nitrogens is 1. The smallest absolute Gasteiger partial charge is 0.255 e. The molecule has 134 valence electrons. The molecule has 1 fully saturated rings. The van der Waals surface area contributed by atoms with E-state index in [4.69, 9.17) is 9.47 Å². The maximum atomic E-state index is 14.2. The minimum absolute atomic E-state index is 0.0484. The summed E-state index contributed by atoms with van der Waals surface area (Å²) in [5.74, 6) is -0.867. The summed E-state index contributed by atoms with van der Waals surface area (Å²) in [7, 11) is 3.17. The van der Waals surface area contributed by atoms with Crippen LogP contribution in [0.1, 0.15) is 22.3 Å². The number of likely N-dealkylation sites (tertiary alicyclic amines) is 1. The van der Waals surface area contributed by atoms with Crippen LogP contribution in [0.15, 0.2) is 23.0 Å². The Balaban J connectivity index is 2.09. The lowest BCUT2D eigenvalue weighted by Crippen LogP contribution is -2.39. The third kappa shape index (κ3) is 3.29. The summed E-state index contributed by atoms with van der Waals surface area (Å²) in [6, 6.07) is 4.12. The Morgan fingerprint density at radius 1 is 1.36 bits per heavy atom. The van der Waals surface area contributed by atoms with Crippen molar-refractivity contribution in [3.8, 4) is 0 Å². The van der Waals surface area contributed by atoms with Gasteiger partial charge in [-0.3, -0.25) is 9.59 Å². The van der Waals surface area contributed by atoms with Gasteiger partial charge in [0.25, 0.3) is 5.91 Å². The Morgan fingerprint density at radius 2 is 2.12 bits per heavy atom. The van der Waals surface area contributed by atoms with Gasteiger partial charge in [0.15, 0.2) is 0 Å². The first-order valence-electron chi connectivity index (χ1n) is 8.10. The highest BCUT2D eigenvalue weighted by Crippen LogP contribution is 2.26. The number of hydrogen-bond acceptors (Lipinski definition) is 4. The molecule has 0 spiro atoms. The van der Waals surface area contributed by atoms with Crippen molar-refractivity contribution in [2.24, 2.45) is 0 Å². The molecular formula is C18H21FN2O4. The van der Waals surface area contributed by atoms with Crippen molar-refractivity contribution < 1.29 is 18.7 Å². The number of halogens is 1. The van der Waals surface area contributed by atoms with Crippen molar-refractivity contribution in [3.05, 3.63) is 45.5 Å².